The molecule has 0 saturated heterocycles. The van der Waals surface area contributed by atoms with Crippen LogP contribution in [0.5, 0.6) is 0 Å². The molecule has 1 aliphatic rings. The summed E-state index contributed by atoms with van der Waals surface area (Å²) >= 11 is 0. The van der Waals surface area contributed by atoms with Gasteiger partial charge >= 0.3 is 5.76 Å². The van der Waals surface area contributed by atoms with E-state index in [1.54, 1.807) is 18.2 Å². The van der Waals surface area contributed by atoms with Gasteiger partial charge in [0.25, 0.3) is 5.91 Å². The minimum atomic E-state index is -0.521. The normalized spacial score (nSPS) is 14.2. The highest BCUT2D eigenvalue weighted by Gasteiger charge is 2.30. The molecule has 0 bridgehead atoms. The van der Waals surface area contributed by atoms with E-state index in [-0.39, 0.29) is 5.91 Å². The first kappa shape index (κ1) is 14.0. The number of anilines is 1. The molecule has 124 valence electrons. The number of H-pyrrole nitrogens is 1. The summed E-state index contributed by atoms with van der Waals surface area (Å²) in [6.45, 7) is 0. The predicted molar refractivity (Wildman–Crippen MR) is 92.0 cm³/mol. The maximum absolute atomic E-state index is 12.7. The molecule has 1 fully saturated rings. The summed E-state index contributed by atoms with van der Waals surface area (Å²) in [6, 6.07) is 10.7. The molecule has 25 heavy (non-hydrogen) atoms. The van der Waals surface area contributed by atoms with Crippen molar-refractivity contribution in [2.75, 3.05) is 5.32 Å². The molecule has 1 saturated carbocycles. The van der Waals surface area contributed by atoms with E-state index in [9.17, 15) is 9.59 Å². The lowest BCUT2D eigenvalue weighted by Crippen LogP contribution is -2.12. The van der Waals surface area contributed by atoms with Gasteiger partial charge in [-0.05, 0) is 43.2 Å². The number of rotatable bonds is 3. The fraction of sp³-hybridized carbons (Fsp3) is 0.167. The van der Waals surface area contributed by atoms with Gasteiger partial charge in [0.15, 0.2) is 11.3 Å². The zero-order valence-electron chi connectivity index (χ0n) is 13.2. The summed E-state index contributed by atoms with van der Waals surface area (Å²) in [4.78, 5) is 31.1. The number of pyridine rings is 1. The molecular weight excluding hydrogens is 320 g/mol. The van der Waals surface area contributed by atoms with Gasteiger partial charge in [-0.2, -0.15) is 0 Å². The molecule has 1 aliphatic carbocycles. The van der Waals surface area contributed by atoms with E-state index in [0.717, 1.165) is 24.2 Å². The first-order chi connectivity index (χ1) is 12.2. The van der Waals surface area contributed by atoms with Crippen molar-refractivity contribution in [3.8, 4) is 0 Å². The van der Waals surface area contributed by atoms with Crippen LogP contribution in [0.3, 0.4) is 0 Å². The van der Waals surface area contributed by atoms with Gasteiger partial charge in [-0.1, -0.05) is 6.07 Å². The van der Waals surface area contributed by atoms with Gasteiger partial charge in [0, 0.05) is 17.8 Å². The lowest BCUT2D eigenvalue weighted by molar-refractivity contribution is 0.102. The van der Waals surface area contributed by atoms with Crippen LogP contribution in [0.4, 0.5) is 5.69 Å². The van der Waals surface area contributed by atoms with Crippen LogP contribution in [0.15, 0.2) is 51.8 Å². The van der Waals surface area contributed by atoms with Crippen LogP contribution in [0.1, 0.15) is 35.1 Å². The van der Waals surface area contributed by atoms with Crippen molar-refractivity contribution in [2.45, 2.75) is 18.8 Å². The molecule has 0 unspecified atom stereocenters. The van der Waals surface area contributed by atoms with E-state index >= 15 is 0 Å². The third-order valence-corrected chi connectivity index (χ3v) is 4.41. The number of nitrogens with one attached hydrogen (secondary N) is 2. The van der Waals surface area contributed by atoms with Crippen molar-refractivity contribution >= 4 is 28.2 Å². The van der Waals surface area contributed by atoms with E-state index in [0.29, 0.717) is 28.4 Å². The van der Waals surface area contributed by atoms with Gasteiger partial charge in [0.2, 0.25) is 0 Å². The second-order valence-electron chi connectivity index (χ2n) is 6.23. The van der Waals surface area contributed by atoms with E-state index in [4.69, 9.17) is 4.42 Å². The van der Waals surface area contributed by atoms with Crippen LogP contribution in [-0.4, -0.2) is 20.3 Å². The third kappa shape index (κ3) is 2.32. The van der Waals surface area contributed by atoms with Gasteiger partial charge < -0.3 is 14.1 Å². The number of imidazole rings is 1. The average molecular weight is 334 g/mol. The number of amides is 1. The van der Waals surface area contributed by atoms with E-state index in [2.05, 4.69) is 15.3 Å². The Bertz CT molecular complexity index is 1180. The van der Waals surface area contributed by atoms with Crippen molar-refractivity contribution in [2.24, 2.45) is 0 Å². The molecule has 1 amide bonds. The maximum Gasteiger partial charge on any atom is 0.417 e. The summed E-state index contributed by atoms with van der Waals surface area (Å²) in [5.41, 5.74) is 2.75. The van der Waals surface area contributed by atoms with Crippen LogP contribution in [0.2, 0.25) is 0 Å². The molecular formula is C18H14N4O3. The Morgan fingerprint density at radius 1 is 1.28 bits per heavy atom. The van der Waals surface area contributed by atoms with Crippen molar-refractivity contribution in [3.05, 3.63) is 64.7 Å². The Balaban J connectivity index is 1.53. The van der Waals surface area contributed by atoms with E-state index in [1.165, 1.54) is 0 Å². The zero-order valence-corrected chi connectivity index (χ0v) is 13.2. The molecule has 1 aromatic carbocycles. The molecule has 0 aliphatic heterocycles. The van der Waals surface area contributed by atoms with Crippen molar-refractivity contribution in [3.63, 3.8) is 0 Å². The topological polar surface area (TPSA) is 92.4 Å². The number of carbonyl (C=O) groups is 1. The second-order valence-corrected chi connectivity index (χ2v) is 6.23. The highest BCUT2D eigenvalue weighted by molar-refractivity contribution is 6.08. The predicted octanol–water partition coefficient (Wildman–Crippen LogP) is 2.90. The minimum absolute atomic E-state index is 0.277. The Hall–Kier alpha value is -3.35. The summed E-state index contributed by atoms with van der Waals surface area (Å²) in [5.74, 6) is 0.576. The van der Waals surface area contributed by atoms with E-state index in [1.807, 2.05) is 28.8 Å². The van der Waals surface area contributed by atoms with Gasteiger partial charge in [-0.15, -0.1) is 0 Å². The first-order valence-electron chi connectivity index (χ1n) is 8.10. The monoisotopic (exact) mass is 334 g/mol. The Kier molecular flexibility index (Phi) is 2.85. The summed E-state index contributed by atoms with van der Waals surface area (Å²) in [6.07, 6.45) is 4.16. The van der Waals surface area contributed by atoms with Crippen molar-refractivity contribution in [1.29, 1.82) is 0 Å². The smallest absolute Gasteiger partial charge is 0.408 e. The Labute approximate surface area is 141 Å². The van der Waals surface area contributed by atoms with Crippen LogP contribution < -0.4 is 11.1 Å². The summed E-state index contributed by atoms with van der Waals surface area (Å²) in [5, 5.41) is 2.85. The maximum atomic E-state index is 12.7. The van der Waals surface area contributed by atoms with Crippen molar-refractivity contribution in [1.82, 2.24) is 14.4 Å². The van der Waals surface area contributed by atoms with Gasteiger partial charge in [0.05, 0.1) is 11.0 Å². The number of nitrogens with zero attached hydrogens (tertiary/aromatic N) is 2. The second kappa shape index (κ2) is 5.07. The Morgan fingerprint density at radius 3 is 3.00 bits per heavy atom. The minimum Gasteiger partial charge on any atom is -0.408 e. The SMILES string of the molecule is O=C(Nc1ccc2oc(=O)[nH]c2c1)c1nc(C2CC2)n2ccccc12. The Morgan fingerprint density at radius 2 is 2.16 bits per heavy atom. The number of benzene rings is 1. The molecule has 4 aromatic rings. The number of fused-ring (bicyclic) bond motifs is 2. The molecule has 0 atom stereocenters. The van der Waals surface area contributed by atoms with Crippen LogP contribution >= 0.6 is 0 Å². The molecule has 3 heterocycles. The number of carbonyl (C=O) groups excluding carboxylic acids is 1. The van der Waals surface area contributed by atoms with Crippen LogP contribution in [0.25, 0.3) is 16.6 Å². The van der Waals surface area contributed by atoms with Crippen LogP contribution in [-0.2, 0) is 0 Å². The summed E-state index contributed by atoms with van der Waals surface area (Å²) < 4.78 is 6.96. The lowest BCUT2D eigenvalue weighted by atomic mass is 10.2. The molecule has 2 N–H and O–H groups in total. The van der Waals surface area contributed by atoms with Crippen molar-refractivity contribution < 1.29 is 9.21 Å². The number of aromatic nitrogens is 3. The lowest BCUT2D eigenvalue weighted by Gasteiger charge is -2.03. The number of aromatic amines is 1. The standard InChI is InChI=1S/C18H14N4O3/c23-17(19-11-6-7-14-12(9-11)20-18(24)25-14)15-13-3-1-2-8-22(13)16(21-15)10-4-5-10/h1-3,6-10H,4-5H2,(H,19,23)(H,20,24). The first-order valence-corrected chi connectivity index (χ1v) is 8.10. The molecule has 0 spiro atoms. The van der Waals surface area contributed by atoms with E-state index < -0.39 is 5.76 Å². The zero-order chi connectivity index (χ0) is 17.0. The fourth-order valence-electron chi connectivity index (χ4n) is 3.08. The highest BCUT2D eigenvalue weighted by Crippen LogP contribution is 2.40. The van der Waals surface area contributed by atoms with Gasteiger partial charge in [-0.25, -0.2) is 9.78 Å². The number of hydrogen-bond acceptors (Lipinski definition) is 4. The summed E-state index contributed by atoms with van der Waals surface area (Å²) in [7, 11) is 0. The largest absolute Gasteiger partial charge is 0.417 e. The molecule has 5 rings (SSSR count). The average Bonchev–Trinajstić information content (AvgIpc) is 3.27. The van der Waals surface area contributed by atoms with Crippen LogP contribution in [0, 0.1) is 0 Å². The number of hydrogen-bond donors (Lipinski definition) is 2. The molecule has 3 aromatic heterocycles. The molecule has 7 nitrogen and oxygen atoms in total. The van der Waals surface area contributed by atoms with Gasteiger partial charge in [0.1, 0.15) is 5.82 Å². The quantitative estimate of drug-likeness (QED) is 0.602. The highest BCUT2D eigenvalue weighted by atomic mass is 16.4. The molecule has 7 heteroatoms. The fourth-order valence-corrected chi connectivity index (χ4v) is 3.08. The number of oxazole rings is 1. The van der Waals surface area contributed by atoms with Gasteiger partial charge in [-0.3, -0.25) is 9.78 Å². The molecule has 0 radical (unpaired) electrons. The third-order valence-electron chi connectivity index (χ3n) is 4.41.